The van der Waals surface area contributed by atoms with Crippen molar-refractivity contribution in [1.82, 2.24) is 10.2 Å². The second-order valence-corrected chi connectivity index (χ2v) is 8.25. The normalized spacial score (nSPS) is 15.1. The molecule has 0 radical (unpaired) electrons. The van der Waals surface area contributed by atoms with Gasteiger partial charge in [-0.3, -0.25) is 14.5 Å². The Kier molecular flexibility index (Phi) is 7.59. The number of halogens is 1. The highest BCUT2D eigenvalue weighted by Gasteiger charge is 2.28. The van der Waals surface area contributed by atoms with Crippen molar-refractivity contribution in [2.75, 3.05) is 42.9 Å². The maximum atomic E-state index is 13.2. The van der Waals surface area contributed by atoms with Gasteiger partial charge in [0, 0.05) is 44.1 Å². The number of nitrogens with one attached hydrogen (secondary N) is 2. The summed E-state index contributed by atoms with van der Waals surface area (Å²) in [7, 11) is 0. The average molecular weight is 465 g/mol. The number of anilines is 2. The maximum absolute atomic E-state index is 13.2. The van der Waals surface area contributed by atoms with E-state index in [2.05, 4.69) is 27.4 Å². The summed E-state index contributed by atoms with van der Waals surface area (Å²) in [5.74, 6) is -0.922. The van der Waals surface area contributed by atoms with Gasteiger partial charge < -0.3 is 20.0 Å². The minimum absolute atomic E-state index is 0.203. The number of amides is 2. The summed E-state index contributed by atoms with van der Waals surface area (Å²) in [5, 5.41) is 5.39. The zero-order valence-electron chi connectivity index (χ0n) is 19.2. The maximum Gasteiger partial charge on any atom is 0.313 e. The molecule has 4 rings (SSSR count). The standard InChI is InChI=1S/C26H29FN4O3/c1-2-19-5-9-21(10-6-19)29-26(33)25(32)28-18-23(24-4-3-17-34-24)31-15-13-30(14-16-31)22-11-7-20(27)8-12-22/h3-12,17,23H,2,13-16,18H2,1H3,(H,28,32)(H,29,33). The van der Waals surface area contributed by atoms with Crippen LogP contribution in [0.3, 0.4) is 0 Å². The van der Waals surface area contributed by atoms with Gasteiger partial charge in [-0.15, -0.1) is 0 Å². The van der Waals surface area contributed by atoms with Gasteiger partial charge in [-0.2, -0.15) is 0 Å². The van der Waals surface area contributed by atoms with Crippen LogP contribution < -0.4 is 15.5 Å². The molecule has 1 aliphatic heterocycles. The molecule has 0 spiro atoms. The van der Waals surface area contributed by atoms with Crippen LogP contribution >= 0.6 is 0 Å². The molecule has 2 N–H and O–H groups in total. The summed E-state index contributed by atoms with van der Waals surface area (Å²) < 4.78 is 18.9. The van der Waals surface area contributed by atoms with E-state index in [1.165, 1.54) is 12.1 Å². The van der Waals surface area contributed by atoms with E-state index < -0.39 is 11.8 Å². The summed E-state index contributed by atoms with van der Waals surface area (Å²) in [6, 6.07) is 17.4. The molecule has 0 bridgehead atoms. The molecule has 2 aromatic carbocycles. The first kappa shape index (κ1) is 23.5. The van der Waals surface area contributed by atoms with Crippen molar-refractivity contribution < 1.29 is 18.4 Å². The monoisotopic (exact) mass is 464 g/mol. The van der Waals surface area contributed by atoms with E-state index in [1.54, 1.807) is 30.5 Å². The zero-order valence-corrected chi connectivity index (χ0v) is 19.2. The second kappa shape index (κ2) is 11.0. The molecule has 1 fully saturated rings. The number of carbonyl (C=O) groups excluding carboxylic acids is 2. The van der Waals surface area contributed by atoms with Crippen molar-refractivity contribution in [1.29, 1.82) is 0 Å². The number of furan rings is 1. The average Bonchev–Trinajstić information content (AvgIpc) is 3.40. The highest BCUT2D eigenvalue weighted by molar-refractivity contribution is 6.39. The van der Waals surface area contributed by atoms with Crippen LogP contribution in [0.25, 0.3) is 0 Å². The first-order chi connectivity index (χ1) is 16.5. The predicted octanol–water partition coefficient (Wildman–Crippen LogP) is 3.60. The van der Waals surface area contributed by atoms with Crippen LogP contribution in [0, 0.1) is 5.82 Å². The van der Waals surface area contributed by atoms with Gasteiger partial charge in [-0.25, -0.2) is 4.39 Å². The van der Waals surface area contributed by atoms with Gasteiger partial charge in [0.2, 0.25) is 0 Å². The molecule has 3 aromatic rings. The van der Waals surface area contributed by atoms with E-state index in [9.17, 15) is 14.0 Å². The number of nitrogens with zero attached hydrogens (tertiary/aromatic N) is 2. The summed E-state index contributed by atoms with van der Waals surface area (Å²) in [5.41, 5.74) is 2.72. The van der Waals surface area contributed by atoms with Crippen LogP contribution in [-0.2, 0) is 16.0 Å². The van der Waals surface area contributed by atoms with Crippen LogP contribution in [0.15, 0.2) is 71.3 Å². The molecule has 0 saturated carbocycles. The molecule has 178 valence electrons. The van der Waals surface area contributed by atoms with Gasteiger partial charge in [0.05, 0.1) is 12.3 Å². The largest absolute Gasteiger partial charge is 0.468 e. The molecule has 7 nitrogen and oxygen atoms in total. The van der Waals surface area contributed by atoms with Crippen molar-refractivity contribution in [2.24, 2.45) is 0 Å². The molecule has 0 aliphatic carbocycles. The van der Waals surface area contributed by atoms with E-state index in [1.807, 2.05) is 24.3 Å². The number of benzene rings is 2. The lowest BCUT2D eigenvalue weighted by molar-refractivity contribution is -0.136. The Balaban J connectivity index is 1.34. The van der Waals surface area contributed by atoms with Gasteiger partial charge in [0.15, 0.2) is 0 Å². The number of aryl methyl sites for hydroxylation is 1. The molecule has 2 amide bonds. The van der Waals surface area contributed by atoms with Crippen molar-refractivity contribution in [3.05, 3.63) is 84.1 Å². The molecule has 1 saturated heterocycles. The van der Waals surface area contributed by atoms with Crippen LogP contribution in [0.1, 0.15) is 24.3 Å². The van der Waals surface area contributed by atoms with Gasteiger partial charge in [0.1, 0.15) is 11.6 Å². The van der Waals surface area contributed by atoms with Gasteiger partial charge in [-0.1, -0.05) is 19.1 Å². The smallest absolute Gasteiger partial charge is 0.313 e. The third-order valence-electron chi connectivity index (χ3n) is 6.10. The third-order valence-corrected chi connectivity index (χ3v) is 6.10. The first-order valence-electron chi connectivity index (χ1n) is 11.5. The molecule has 1 unspecified atom stereocenters. The van der Waals surface area contributed by atoms with Gasteiger partial charge in [-0.05, 0) is 60.5 Å². The van der Waals surface area contributed by atoms with E-state index in [4.69, 9.17) is 4.42 Å². The molecule has 34 heavy (non-hydrogen) atoms. The summed E-state index contributed by atoms with van der Waals surface area (Å²) >= 11 is 0. The Morgan fingerprint density at radius 3 is 2.29 bits per heavy atom. The molecule has 2 heterocycles. The summed E-state index contributed by atoms with van der Waals surface area (Å²) in [6.45, 7) is 5.27. The van der Waals surface area contributed by atoms with Gasteiger partial charge >= 0.3 is 11.8 Å². The van der Waals surface area contributed by atoms with Crippen molar-refractivity contribution >= 4 is 23.2 Å². The predicted molar refractivity (Wildman–Crippen MR) is 129 cm³/mol. The second-order valence-electron chi connectivity index (χ2n) is 8.25. The Hall–Kier alpha value is -3.65. The SMILES string of the molecule is CCc1ccc(NC(=O)C(=O)NCC(c2ccco2)N2CCN(c3ccc(F)cc3)CC2)cc1. The van der Waals surface area contributed by atoms with E-state index in [0.29, 0.717) is 5.69 Å². The molecule has 1 atom stereocenters. The highest BCUT2D eigenvalue weighted by Crippen LogP contribution is 2.24. The quantitative estimate of drug-likeness (QED) is 0.523. The Bertz CT molecular complexity index is 1080. The fourth-order valence-electron chi connectivity index (χ4n) is 4.12. The lowest BCUT2D eigenvalue weighted by Gasteiger charge is -2.39. The Morgan fingerprint density at radius 1 is 0.971 bits per heavy atom. The van der Waals surface area contributed by atoms with Gasteiger partial charge in [0.25, 0.3) is 0 Å². The van der Waals surface area contributed by atoms with E-state index in [-0.39, 0.29) is 18.4 Å². The van der Waals surface area contributed by atoms with E-state index in [0.717, 1.165) is 49.6 Å². The minimum atomic E-state index is -0.705. The molecular formula is C26H29FN4O3. The minimum Gasteiger partial charge on any atom is -0.468 e. The van der Waals surface area contributed by atoms with Crippen molar-refractivity contribution in [3.8, 4) is 0 Å². The lowest BCUT2D eigenvalue weighted by Crippen LogP contribution is -2.50. The van der Waals surface area contributed by atoms with E-state index >= 15 is 0 Å². The molecular weight excluding hydrogens is 435 g/mol. The highest BCUT2D eigenvalue weighted by atomic mass is 19.1. The summed E-state index contributed by atoms with van der Waals surface area (Å²) in [4.78, 5) is 29.3. The van der Waals surface area contributed by atoms with Crippen molar-refractivity contribution in [2.45, 2.75) is 19.4 Å². The Labute approximate surface area is 198 Å². The topological polar surface area (TPSA) is 77.8 Å². The first-order valence-corrected chi connectivity index (χ1v) is 11.5. The molecule has 8 heteroatoms. The zero-order chi connectivity index (χ0) is 23.9. The Morgan fingerprint density at radius 2 is 1.68 bits per heavy atom. The third kappa shape index (κ3) is 5.82. The van der Waals surface area contributed by atoms with Crippen LogP contribution in [0.2, 0.25) is 0 Å². The van der Waals surface area contributed by atoms with Crippen LogP contribution in [0.4, 0.5) is 15.8 Å². The van der Waals surface area contributed by atoms with Crippen molar-refractivity contribution in [3.63, 3.8) is 0 Å². The van der Waals surface area contributed by atoms with Crippen LogP contribution in [-0.4, -0.2) is 49.4 Å². The number of hydrogen-bond donors (Lipinski definition) is 2. The summed E-state index contributed by atoms with van der Waals surface area (Å²) in [6.07, 6.45) is 2.51. The van der Waals surface area contributed by atoms with Crippen LogP contribution in [0.5, 0.6) is 0 Å². The molecule has 1 aromatic heterocycles. The molecule has 1 aliphatic rings. The number of rotatable bonds is 7. The number of hydrogen-bond acceptors (Lipinski definition) is 5. The lowest BCUT2D eigenvalue weighted by atomic mass is 10.1. The fraction of sp³-hybridized carbons (Fsp3) is 0.308. The fourth-order valence-corrected chi connectivity index (χ4v) is 4.12. The number of carbonyl (C=O) groups is 2. The number of piperazine rings is 1.